The molecule has 0 radical (unpaired) electrons. The SMILES string of the molecule is Cc1cc(OC(F)(F)C(=O)O)ccc1[N+](=O)[O-]. The smallest absolute Gasteiger partial charge is 0.474 e. The van der Waals surface area contributed by atoms with Gasteiger partial charge in [0.15, 0.2) is 0 Å². The lowest BCUT2D eigenvalue weighted by atomic mass is 10.2. The van der Waals surface area contributed by atoms with E-state index in [-0.39, 0.29) is 11.3 Å². The third kappa shape index (κ3) is 2.86. The van der Waals surface area contributed by atoms with Gasteiger partial charge in [-0.15, -0.1) is 0 Å². The second-order valence-electron chi connectivity index (χ2n) is 3.13. The standard InChI is InChI=1S/C9H7F2NO5/c1-5-4-6(2-3-7(5)12(15)16)17-9(10,11)8(13)14/h2-4H,1H3,(H,13,14). The van der Waals surface area contributed by atoms with Crippen molar-refractivity contribution in [2.24, 2.45) is 0 Å². The lowest BCUT2D eigenvalue weighted by molar-refractivity contribution is -0.385. The van der Waals surface area contributed by atoms with E-state index >= 15 is 0 Å². The molecule has 0 aliphatic rings. The molecule has 0 bridgehead atoms. The number of nitrogens with zero attached hydrogens (tertiary/aromatic N) is 1. The number of carboxylic acids is 1. The van der Waals surface area contributed by atoms with Crippen molar-refractivity contribution in [2.45, 2.75) is 13.0 Å². The van der Waals surface area contributed by atoms with Gasteiger partial charge in [-0.1, -0.05) is 0 Å². The monoisotopic (exact) mass is 247 g/mol. The summed E-state index contributed by atoms with van der Waals surface area (Å²) in [6.45, 7) is 1.32. The first kappa shape index (κ1) is 12.8. The van der Waals surface area contributed by atoms with E-state index in [4.69, 9.17) is 5.11 Å². The number of nitro groups is 1. The number of carbonyl (C=O) groups is 1. The Morgan fingerprint density at radius 2 is 2.12 bits per heavy atom. The van der Waals surface area contributed by atoms with Gasteiger partial charge in [0.2, 0.25) is 0 Å². The zero-order chi connectivity index (χ0) is 13.2. The van der Waals surface area contributed by atoms with Crippen molar-refractivity contribution in [1.82, 2.24) is 0 Å². The quantitative estimate of drug-likeness (QED) is 0.648. The van der Waals surface area contributed by atoms with Crippen LogP contribution in [0.15, 0.2) is 18.2 Å². The van der Waals surface area contributed by atoms with Crippen LogP contribution in [0.1, 0.15) is 5.56 Å². The molecule has 0 spiro atoms. The molecule has 0 heterocycles. The Morgan fingerprint density at radius 3 is 2.53 bits per heavy atom. The fourth-order valence-corrected chi connectivity index (χ4v) is 1.09. The molecule has 0 unspecified atom stereocenters. The van der Waals surface area contributed by atoms with Crippen molar-refractivity contribution in [3.05, 3.63) is 33.9 Å². The minimum absolute atomic E-state index is 0.0914. The molecule has 0 saturated heterocycles. The normalized spacial score (nSPS) is 11.0. The summed E-state index contributed by atoms with van der Waals surface area (Å²) in [6, 6.07) is 2.83. The molecule has 0 aromatic heterocycles. The molecule has 6 nitrogen and oxygen atoms in total. The maximum absolute atomic E-state index is 12.7. The van der Waals surface area contributed by atoms with Gasteiger partial charge in [-0.2, -0.15) is 8.78 Å². The number of ether oxygens (including phenoxy) is 1. The van der Waals surface area contributed by atoms with Crippen molar-refractivity contribution >= 4 is 11.7 Å². The fourth-order valence-electron chi connectivity index (χ4n) is 1.09. The number of aryl methyl sites for hydroxylation is 1. The summed E-state index contributed by atoms with van der Waals surface area (Å²) in [5.41, 5.74) is -0.176. The van der Waals surface area contributed by atoms with Crippen LogP contribution in [-0.2, 0) is 4.79 Å². The molecule has 0 fully saturated rings. The number of halogens is 2. The number of carboxylic acid groups (broad SMARTS) is 1. The van der Waals surface area contributed by atoms with Crippen LogP contribution >= 0.6 is 0 Å². The van der Waals surface area contributed by atoms with Gasteiger partial charge < -0.3 is 9.84 Å². The summed E-state index contributed by atoms with van der Waals surface area (Å²) < 4.78 is 29.3. The van der Waals surface area contributed by atoms with Crippen LogP contribution in [0.2, 0.25) is 0 Å². The molecule has 0 aliphatic heterocycles. The highest BCUT2D eigenvalue weighted by molar-refractivity contribution is 5.74. The number of alkyl halides is 2. The first-order valence-corrected chi connectivity index (χ1v) is 4.29. The summed E-state index contributed by atoms with van der Waals surface area (Å²) in [5, 5.41) is 18.6. The second-order valence-corrected chi connectivity index (χ2v) is 3.13. The van der Waals surface area contributed by atoms with Crippen LogP contribution in [0.3, 0.4) is 0 Å². The molecule has 0 aliphatic carbocycles. The fraction of sp³-hybridized carbons (Fsp3) is 0.222. The summed E-state index contributed by atoms with van der Waals surface area (Å²) in [4.78, 5) is 19.9. The molecule has 8 heteroatoms. The van der Waals surface area contributed by atoms with Gasteiger partial charge in [0.05, 0.1) is 4.92 Å². The molecule has 1 N–H and O–H groups in total. The zero-order valence-corrected chi connectivity index (χ0v) is 8.52. The van der Waals surface area contributed by atoms with Crippen LogP contribution in [0.25, 0.3) is 0 Å². The van der Waals surface area contributed by atoms with Crippen molar-refractivity contribution in [3.63, 3.8) is 0 Å². The second kappa shape index (κ2) is 4.32. The largest absolute Gasteiger partial charge is 0.501 e. The highest BCUT2D eigenvalue weighted by Gasteiger charge is 2.42. The van der Waals surface area contributed by atoms with E-state index in [0.29, 0.717) is 0 Å². The minimum atomic E-state index is -4.37. The van der Waals surface area contributed by atoms with Gasteiger partial charge in [-0.25, -0.2) is 4.79 Å². The number of hydrogen-bond acceptors (Lipinski definition) is 4. The van der Waals surface area contributed by atoms with Gasteiger partial charge in [0, 0.05) is 11.6 Å². The molecule has 17 heavy (non-hydrogen) atoms. The Labute approximate surface area is 93.6 Å². The van der Waals surface area contributed by atoms with Crippen molar-refractivity contribution < 1.29 is 28.3 Å². The molecular weight excluding hydrogens is 240 g/mol. The Hall–Kier alpha value is -2.25. The third-order valence-electron chi connectivity index (χ3n) is 1.86. The molecule has 1 rings (SSSR count). The minimum Gasteiger partial charge on any atom is -0.474 e. The highest BCUT2D eigenvalue weighted by Crippen LogP contribution is 2.27. The lowest BCUT2D eigenvalue weighted by Crippen LogP contribution is -2.34. The summed E-state index contributed by atoms with van der Waals surface area (Å²) in [5.74, 6) is -2.89. The zero-order valence-electron chi connectivity index (χ0n) is 8.52. The number of hydrogen-bond donors (Lipinski definition) is 1. The van der Waals surface area contributed by atoms with E-state index < -0.39 is 22.8 Å². The van der Waals surface area contributed by atoms with Crippen LogP contribution in [0.4, 0.5) is 14.5 Å². The predicted molar refractivity (Wildman–Crippen MR) is 51.0 cm³/mol. The Kier molecular flexibility index (Phi) is 3.26. The topological polar surface area (TPSA) is 89.7 Å². The van der Waals surface area contributed by atoms with E-state index in [1.165, 1.54) is 6.92 Å². The third-order valence-corrected chi connectivity index (χ3v) is 1.86. The van der Waals surface area contributed by atoms with E-state index in [0.717, 1.165) is 18.2 Å². The van der Waals surface area contributed by atoms with Gasteiger partial charge in [0.25, 0.3) is 5.69 Å². The number of benzene rings is 1. The summed E-state index contributed by atoms with van der Waals surface area (Å²) in [7, 11) is 0. The van der Waals surface area contributed by atoms with Crippen molar-refractivity contribution in [1.29, 1.82) is 0 Å². The summed E-state index contributed by atoms with van der Waals surface area (Å²) >= 11 is 0. The number of rotatable bonds is 4. The summed E-state index contributed by atoms with van der Waals surface area (Å²) in [6.07, 6.45) is -4.37. The molecule has 92 valence electrons. The average Bonchev–Trinajstić information content (AvgIpc) is 2.15. The van der Waals surface area contributed by atoms with Gasteiger partial charge >= 0.3 is 12.1 Å². The maximum Gasteiger partial charge on any atom is 0.501 e. The van der Waals surface area contributed by atoms with Gasteiger partial charge in [0.1, 0.15) is 5.75 Å². The molecule has 1 aromatic rings. The van der Waals surface area contributed by atoms with Crippen LogP contribution < -0.4 is 4.74 Å². The van der Waals surface area contributed by atoms with Crippen LogP contribution in [0, 0.1) is 17.0 Å². The van der Waals surface area contributed by atoms with Gasteiger partial charge in [-0.3, -0.25) is 10.1 Å². The molecule has 0 atom stereocenters. The predicted octanol–water partition coefficient (Wildman–Crippen LogP) is 1.96. The van der Waals surface area contributed by atoms with Crippen molar-refractivity contribution in [2.75, 3.05) is 0 Å². The maximum atomic E-state index is 12.7. The first-order chi connectivity index (χ1) is 7.74. The molecule has 1 aromatic carbocycles. The lowest BCUT2D eigenvalue weighted by Gasteiger charge is -2.13. The van der Waals surface area contributed by atoms with E-state index in [1.54, 1.807) is 0 Å². The molecule has 0 saturated carbocycles. The van der Waals surface area contributed by atoms with Crippen LogP contribution in [0.5, 0.6) is 5.75 Å². The van der Waals surface area contributed by atoms with Crippen LogP contribution in [-0.4, -0.2) is 22.1 Å². The van der Waals surface area contributed by atoms with E-state index in [9.17, 15) is 23.7 Å². The Morgan fingerprint density at radius 1 is 1.53 bits per heavy atom. The number of nitro benzene ring substituents is 1. The van der Waals surface area contributed by atoms with E-state index in [2.05, 4.69) is 4.74 Å². The number of aliphatic carboxylic acids is 1. The highest BCUT2D eigenvalue weighted by atomic mass is 19.3. The molecule has 0 amide bonds. The Balaban J connectivity index is 2.99. The molecular formula is C9H7F2NO5. The Bertz CT molecular complexity index is 474. The average molecular weight is 247 g/mol. The van der Waals surface area contributed by atoms with Crippen molar-refractivity contribution in [3.8, 4) is 5.75 Å². The van der Waals surface area contributed by atoms with E-state index in [1.807, 2.05) is 0 Å². The first-order valence-electron chi connectivity index (χ1n) is 4.29. The van der Waals surface area contributed by atoms with Gasteiger partial charge in [-0.05, 0) is 19.1 Å².